The average Bonchev–Trinajstić information content (AvgIpc) is 3.19. The van der Waals surface area contributed by atoms with Crippen LogP contribution < -0.4 is 5.32 Å². The third-order valence-electron chi connectivity index (χ3n) is 4.98. The summed E-state index contributed by atoms with van der Waals surface area (Å²) < 4.78 is 0. The summed E-state index contributed by atoms with van der Waals surface area (Å²) >= 11 is 5.78. The molecule has 0 unspecified atom stereocenters. The first-order valence-corrected chi connectivity index (χ1v) is 9.28. The van der Waals surface area contributed by atoms with Crippen molar-refractivity contribution in [3.05, 3.63) is 23.4 Å². The number of aromatic nitrogens is 1. The van der Waals surface area contributed by atoms with E-state index in [0.29, 0.717) is 29.2 Å². The van der Waals surface area contributed by atoms with Gasteiger partial charge in [0, 0.05) is 31.7 Å². The number of halogens is 1. The molecule has 1 aliphatic heterocycles. The monoisotopic (exact) mass is 364 g/mol. The van der Waals surface area contributed by atoms with Crippen molar-refractivity contribution in [3.8, 4) is 0 Å². The number of likely N-dealkylation sites (tertiary alicyclic amines) is 1. The van der Waals surface area contributed by atoms with Gasteiger partial charge in [0.15, 0.2) is 0 Å². The summed E-state index contributed by atoms with van der Waals surface area (Å²) in [7, 11) is 1.91. The van der Waals surface area contributed by atoms with Gasteiger partial charge in [0.25, 0.3) is 0 Å². The van der Waals surface area contributed by atoms with Gasteiger partial charge in [0.2, 0.25) is 11.8 Å². The zero-order valence-electron chi connectivity index (χ0n) is 14.6. The van der Waals surface area contributed by atoms with Crippen LogP contribution in [0.4, 0.5) is 5.82 Å². The quantitative estimate of drug-likeness (QED) is 0.841. The summed E-state index contributed by atoms with van der Waals surface area (Å²) in [6, 6.07) is 3.81. The molecule has 136 valence electrons. The Morgan fingerprint density at radius 3 is 2.84 bits per heavy atom. The fraction of sp³-hybridized carbons (Fsp3) is 0.611. The number of carbonyl (C=O) groups is 2. The molecule has 6 nitrogen and oxygen atoms in total. The van der Waals surface area contributed by atoms with Crippen molar-refractivity contribution in [2.24, 2.45) is 5.92 Å². The Kier molecular flexibility index (Phi) is 5.91. The van der Waals surface area contributed by atoms with Crippen LogP contribution in [0.2, 0.25) is 5.02 Å². The molecule has 7 heteroatoms. The van der Waals surface area contributed by atoms with E-state index in [-0.39, 0.29) is 18.4 Å². The van der Waals surface area contributed by atoms with Crippen LogP contribution in [0.1, 0.15) is 32.1 Å². The van der Waals surface area contributed by atoms with Gasteiger partial charge in [-0.1, -0.05) is 24.4 Å². The maximum absolute atomic E-state index is 12.3. The van der Waals surface area contributed by atoms with Gasteiger partial charge >= 0.3 is 0 Å². The molecule has 1 atom stereocenters. The first-order chi connectivity index (χ1) is 12.0. The van der Waals surface area contributed by atoms with Gasteiger partial charge in [-0.05, 0) is 37.9 Å². The highest BCUT2D eigenvalue weighted by Gasteiger charge is 2.35. The van der Waals surface area contributed by atoms with Gasteiger partial charge in [0.05, 0.1) is 11.6 Å². The molecule has 1 aromatic rings. The topological polar surface area (TPSA) is 65.5 Å². The second-order valence-corrected chi connectivity index (χ2v) is 7.60. The molecular formula is C18H25ClN4O2. The van der Waals surface area contributed by atoms with Crippen molar-refractivity contribution in [2.45, 2.75) is 38.1 Å². The van der Waals surface area contributed by atoms with Crippen LogP contribution in [0.3, 0.4) is 0 Å². The van der Waals surface area contributed by atoms with Gasteiger partial charge in [-0.25, -0.2) is 4.98 Å². The predicted octanol–water partition coefficient (Wildman–Crippen LogP) is 2.40. The molecular weight excluding hydrogens is 340 g/mol. The predicted molar refractivity (Wildman–Crippen MR) is 97.4 cm³/mol. The molecule has 1 saturated carbocycles. The minimum atomic E-state index is -0.116. The zero-order valence-corrected chi connectivity index (χ0v) is 15.3. The largest absolute Gasteiger partial charge is 0.339 e. The molecule has 3 rings (SSSR count). The molecule has 2 heterocycles. The zero-order chi connectivity index (χ0) is 17.8. The number of hydrogen-bond donors (Lipinski definition) is 1. The maximum atomic E-state index is 12.3. The molecule has 2 aliphatic rings. The second-order valence-electron chi connectivity index (χ2n) is 7.16. The summed E-state index contributed by atoms with van der Waals surface area (Å²) in [5.74, 6) is 0.959. The van der Waals surface area contributed by atoms with Crippen LogP contribution in [0.25, 0.3) is 0 Å². The van der Waals surface area contributed by atoms with Gasteiger partial charge < -0.3 is 10.2 Å². The number of nitrogens with zero attached hydrogens (tertiary/aromatic N) is 3. The van der Waals surface area contributed by atoms with E-state index in [0.717, 1.165) is 25.9 Å². The molecule has 0 radical (unpaired) electrons. The van der Waals surface area contributed by atoms with Crippen molar-refractivity contribution >= 4 is 29.2 Å². The van der Waals surface area contributed by atoms with E-state index in [2.05, 4.69) is 15.2 Å². The lowest BCUT2D eigenvalue weighted by atomic mass is 10.1. The van der Waals surface area contributed by atoms with Crippen LogP contribution in [0.5, 0.6) is 0 Å². The van der Waals surface area contributed by atoms with Crippen molar-refractivity contribution < 1.29 is 9.59 Å². The standard InChI is InChI=1S/C18H25ClN4O2/c1-22(12-17(24)21-16-7-6-14(19)9-20-16)10-13-8-18(25)23(11-13)15-4-2-3-5-15/h6-7,9,13,15H,2-5,8,10-12H2,1H3,(H,20,21,24)/t13-/m1/s1. The highest BCUT2D eigenvalue weighted by atomic mass is 35.5. The molecule has 1 saturated heterocycles. The van der Waals surface area contributed by atoms with Crippen LogP contribution in [0.15, 0.2) is 18.3 Å². The Balaban J connectivity index is 1.44. The Labute approximate surface area is 153 Å². The molecule has 2 fully saturated rings. The van der Waals surface area contributed by atoms with E-state index < -0.39 is 0 Å². The van der Waals surface area contributed by atoms with Gasteiger partial charge in [0.1, 0.15) is 5.82 Å². The Morgan fingerprint density at radius 2 is 2.16 bits per heavy atom. The van der Waals surface area contributed by atoms with Crippen molar-refractivity contribution in [1.29, 1.82) is 0 Å². The first-order valence-electron chi connectivity index (χ1n) is 8.90. The number of rotatable bonds is 6. The van der Waals surface area contributed by atoms with E-state index in [1.807, 2.05) is 11.9 Å². The molecule has 2 amide bonds. The Bertz CT molecular complexity index is 616. The molecule has 0 spiro atoms. The molecule has 1 N–H and O–H groups in total. The summed E-state index contributed by atoms with van der Waals surface area (Å²) in [6.07, 6.45) is 6.86. The van der Waals surface area contributed by atoms with E-state index in [1.165, 1.54) is 19.0 Å². The molecule has 0 bridgehead atoms. The molecule has 1 aromatic heterocycles. The van der Waals surface area contributed by atoms with Gasteiger partial charge in [-0.3, -0.25) is 14.5 Å². The van der Waals surface area contributed by atoms with Crippen LogP contribution >= 0.6 is 11.6 Å². The third kappa shape index (κ3) is 4.92. The third-order valence-corrected chi connectivity index (χ3v) is 5.21. The van der Waals surface area contributed by atoms with Crippen molar-refractivity contribution in [3.63, 3.8) is 0 Å². The lowest BCUT2D eigenvalue weighted by Crippen LogP contribution is -2.37. The molecule has 0 aromatic carbocycles. The number of carbonyl (C=O) groups excluding carboxylic acids is 2. The van der Waals surface area contributed by atoms with Crippen molar-refractivity contribution in [2.75, 3.05) is 32.0 Å². The summed E-state index contributed by atoms with van der Waals surface area (Å²) in [5.41, 5.74) is 0. The smallest absolute Gasteiger partial charge is 0.239 e. The number of nitrogens with one attached hydrogen (secondary N) is 1. The van der Waals surface area contributed by atoms with Crippen LogP contribution in [-0.2, 0) is 9.59 Å². The lowest BCUT2D eigenvalue weighted by Gasteiger charge is -2.25. The number of pyridine rings is 1. The fourth-order valence-corrected chi connectivity index (χ4v) is 3.99. The minimum absolute atomic E-state index is 0.116. The van der Waals surface area contributed by atoms with Gasteiger partial charge in [-0.2, -0.15) is 0 Å². The van der Waals surface area contributed by atoms with Crippen molar-refractivity contribution in [1.82, 2.24) is 14.8 Å². The average molecular weight is 365 g/mol. The van der Waals surface area contributed by atoms with E-state index in [4.69, 9.17) is 11.6 Å². The molecule has 25 heavy (non-hydrogen) atoms. The maximum Gasteiger partial charge on any atom is 0.239 e. The lowest BCUT2D eigenvalue weighted by molar-refractivity contribution is -0.129. The number of likely N-dealkylation sites (N-methyl/N-ethyl adjacent to an activating group) is 1. The van der Waals surface area contributed by atoms with E-state index >= 15 is 0 Å². The van der Waals surface area contributed by atoms with E-state index in [1.54, 1.807) is 12.1 Å². The SMILES string of the molecule is CN(CC(=O)Nc1ccc(Cl)cn1)C[C@H]1CC(=O)N(C2CCCC2)C1. The highest BCUT2D eigenvalue weighted by molar-refractivity contribution is 6.30. The highest BCUT2D eigenvalue weighted by Crippen LogP contribution is 2.29. The Morgan fingerprint density at radius 1 is 1.40 bits per heavy atom. The molecule has 1 aliphatic carbocycles. The second kappa shape index (κ2) is 8.15. The normalized spacial score (nSPS) is 21.3. The number of anilines is 1. The first kappa shape index (κ1) is 18.1. The summed E-state index contributed by atoms with van der Waals surface area (Å²) in [5, 5.41) is 3.29. The number of hydrogen-bond acceptors (Lipinski definition) is 4. The van der Waals surface area contributed by atoms with E-state index in [9.17, 15) is 9.59 Å². The fourth-order valence-electron chi connectivity index (χ4n) is 3.88. The van der Waals surface area contributed by atoms with Gasteiger partial charge in [-0.15, -0.1) is 0 Å². The summed E-state index contributed by atoms with van der Waals surface area (Å²) in [6.45, 7) is 1.85. The summed E-state index contributed by atoms with van der Waals surface area (Å²) in [4.78, 5) is 32.5. The number of amides is 2. The van der Waals surface area contributed by atoms with Crippen LogP contribution in [0, 0.1) is 5.92 Å². The minimum Gasteiger partial charge on any atom is -0.339 e. The Hall–Kier alpha value is -1.66. The van der Waals surface area contributed by atoms with Crippen LogP contribution in [-0.4, -0.2) is 59.3 Å².